The Balaban J connectivity index is 1.72. The highest BCUT2D eigenvalue weighted by Gasteiger charge is 2.18. The predicted molar refractivity (Wildman–Crippen MR) is 83.6 cm³/mol. The summed E-state index contributed by atoms with van der Waals surface area (Å²) in [4.78, 5) is 16.3. The first-order valence-corrected chi connectivity index (χ1v) is 7.50. The van der Waals surface area contributed by atoms with Crippen LogP contribution in [0.25, 0.3) is 0 Å². The molecule has 2 aromatic rings. The summed E-state index contributed by atoms with van der Waals surface area (Å²) in [5, 5.41) is 5.96. The van der Waals surface area contributed by atoms with E-state index < -0.39 is 0 Å². The van der Waals surface area contributed by atoms with Crippen LogP contribution < -0.4 is 10.6 Å². The molecule has 1 aliphatic rings. The van der Waals surface area contributed by atoms with E-state index in [0.29, 0.717) is 16.9 Å². The number of nitrogens with zero attached hydrogens (tertiary/aromatic N) is 1. The van der Waals surface area contributed by atoms with Gasteiger partial charge in [0.25, 0.3) is 5.91 Å². The number of carbonyl (C=O) groups excluding carboxylic acids is 1. The van der Waals surface area contributed by atoms with Crippen LogP contribution in [0.2, 0.25) is 0 Å². The zero-order chi connectivity index (χ0) is 15.4. The summed E-state index contributed by atoms with van der Waals surface area (Å²) in [6, 6.07) is 8.34. The second kappa shape index (κ2) is 6.56. The SMILES string of the molecule is O=C(NC1CCCC1)c1cncc(Nc2ccccc2F)c1. The summed E-state index contributed by atoms with van der Waals surface area (Å²) in [6.45, 7) is 0. The number of para-hydroxylation sites is 1. The number of benzene rings is 1. The minimum atomic E-state index is -0.344. The Labute approximate surface area is 128 Å². The van der Waals surface area contributed by atoms with E-state index in [4.69, 9.17) is 0 Å². The normalized spacial score (nSPS) is 14.8. The van der Waals surface area contributed by atoms with Gasteiger partial charge in [-0.05, 0) is 31.0 Å². The number of nitrogens with one attached hydrogen (secondary N) is 2. The molecule has 1 amide bonds. The van der Waals surface area contributed by atoms with Crippen LogP contribution in [0.5, 0.6) is 0 Å². The van der Waals surface area contributed by atoms with Crippen molar-refractivity contribution in [2.24, 2.45) is 0 Å². The van der Waals surface area contributed by atoms with E-state index in [0.717, 1.165) is 25.7 Å². The molecular weight excluding hydrogens is 281 g/mol. The number of amides is 1. The molecule has 0 bridgehead atoms. The number of aromatic nitrogens is 1. The Morgan fingerprint density at radius 1 is 1.18 bits per heavy atom. The third-order valence-electron chi connectivity index (χ3n) is 3.84. The van der Waals surface area contributed by atoms with Gasteiger partial charge in [0.1, 0.15) is 5.82 Å². The highest BCUT2D eigenvalue weighted by Crippen LogP contribution is 2.21. The number of anilines is 2. The van der Waals surface area contributed by atoms with Crippen molar-refractivity contribution >= 4 is 17.3 Å². The fraction of sp³-hybridized carbons (Fsp3) is 0.294. The quantitative estimate of drug-likeness (QED) is 0.906. The molecule has 3 rings (SSSR count). The Hall–Kier alpha value is -2.43. The lowest BCUT2D eigenvalue weighted by Crippen LogP contribution is -2.32. The molecule has 1 heterocycles. The molecular formula is C17H18FN3O. The lowest BCUT2D eigenvalue weighted by atomic mass is 10.2. The number of rotatable bonds is 4. The van der Waals surface area contributed by atoms with Crippen molar-refractivity contribution in [3.05, 3.63) is 54.1 Å². The van der Waals surface area contributed by atoms with Crippen molar-refractivity contribution < 1.29 is 9.18 Å². The summed E-state index contributed by atoms with van der Waals surface area (Å²) < 4.78 is 13.6. The van der Waals surface area contributed by atoms with Gasteiger partial charge in [0.15, 0.2) is 0 Å². The van der Waals surface area contributed by atoms with Crippen LogP contribution >= 0.6 is 0 Å². The van der Waals surface area contributed by atoms with Crippen molar-refractivity contribution in [1.29, 1.82) is 0 Å². The van der Waals surface area contributed by atoms with Crippen LogP contribution in [0.3, 0.4) is 0 Å². The standard InChI is InChI=1S/C17H18FN3O/c18-15-7-3-4-8-16(15)20-14-9-12(10-19-11-14)17(22)21-13-5-1-2-6-13/h3-4,7-11,13,20H,1-2,5-6H2,(H,21,22). The van der Waals surface area contributed by atoms with Gasteiger partial charge in [-0.3, -0.25) is 9.78 Å². The number of hydrogen-bond acceptors (Lipinski definition) is 3. The second-order valence-corrected chi connectivity index (χ2v) is 5.52. The van der Waals surface area contributed by atoms with Crippen LogP contribution in [0.15, 0.2) is 42.7 Å². The molecule has 1 aromatic heterocycles. The largest absolute Gasteiger partial charge is 0.352 e. The topological polar surface area (TPSA) is 54.0 Å². The monoisotopic (exact) mass is 299 g/mol. The average molecular weight is 299 g/mol. The van der Waals surface area contributed by atoms with Crippen molar-refractivity contribution in [2.45, 2.75) is 31.7 Å². The van der Waals surface area contributed by atoms with Gasteiger partial charge in [0.05, 0.1) is 23.1 Å². The van der Waals surface area contributed by atoms with Gasteiger partial charge >= 0.3 is 0 Å². The van der Waals surface area contributed by atoms with Gasteiger partial charge in [-0.2, -0.15) is 0 Å². The first kappa shape index (κ1) is 14.5. The predicted octanol–water partition coefficient (Wildman–Crippen LogP) is 3.64. The van der Waals surface area contributed by atoms with Gasteiger partial charge in [-0.25, -0.2) is 4.39 Å². The maximum Gasteiger partial charge on any atom is 0.253 e. The molecule has 0 radical (unpaired) electrons. The minimum absolute atomic E-state index is 0.128. The van der Waals surface area contributed by atoms with Crippen molar-refractivity contribution in [1.82, 2.24) is 10.3 Å². The van der Waals surface area contributed by atoms with Crippen molar-refractivity contribution in [3.8, 4) is 0 Å². The summed E-state index contributed by atoms with van der Waals surface area (Å²) in [7, 11) is 0. The van der Waals surface area contributed by atoms with Gasteiger partial charge in [0, 0.05) is 12.2 Å². The average Bonchev–Trinajstić information content (AvgIpc) is 3.03. The molecule has 5 heteroatoms. The lowest BCUT2D eigenvalue weighted by Gasteiger charge is -2.12. The van der Waals surface area contributed by atoms with E-state index in [2.05, 4.69) is 15.6 Å². The molecule has 1 aromatic carbocycles. The summed E-state index contributed by atoms with van der Waals surface area (Å²) >= 11 is 0. The van der Waals surface area contributed by atoms with E-state index in [-0.39, 0.29) is 17.8 Å². The van der Waals surface area contributed by atoms with Crippen LogP contribution in [0, 0.1) is 5.82 Å². The fourth-order valence-electron chi connectivity index (χ4n) is 2.69. The van der Waals surface area contributed by atoms with Gasteiger partial charge in [-0.15, -0.1) is 0 Å². The molecule has 22 heavy (non-hydrogen) atoms. The molecule has 1 fully saturated rings. The second-order valence-electron chi connectivity index (χ2n) is 5.52. The van der Waals surface area contributed by atoms with E-state index in [1.807, 2.05) is 0 Å². The van der Waals surface area contributed by atoms with Crippen LogP contribution in [0.1, 0.15) is 36.0 Å². The van der Waals surface area contributed by atoms with Crippen molar-refractivity contribution in [2.75, 3.05) is 5.32 Å². The molecule has 0 saturated heterocycles. The Kier molecular flexibility index (Phi) is 4.32. The zero-order valence-corrected chi connectivity index (χ0v) is 12.2. The minimum Gasteiger partial charge on any atom is -0.352 e. The zero-order valence-electron chi connectivity index (χ0n) is 12.2. The number of hydrogen-bond donors (Lipinski definition) is 2. The number of carbonyl (C=O) groups is 1. The van der Waals surface area contributed by atoms with E-state index in [1.54, 1.807) is 30.5 Å². The van der Waals surface area contributed by atoms with Gasteiger partial charge < -0.3 is 10.6 Å². The van der Waals surface area contributed by atoms with Gasteiger partial charge in [0.2, 0.25) is 0 Å². The smallest absolute Gasteiger partial charge is 0.253 e. The van der Waals surface area contributed by atoms with E-state index in [9.17, 15) is 9.18 Å². The highest BCUT2D eigenvalue weighted by molar-refractivity contribution is 5.95. The number of halogens is 1. The Bertz CT molecular complexity index is 668. The molecule has 4 nitrogen and oxygen atoms in total. The first-order valence-electron chi connectivity index (χ1n) is 7.50. The maximum absolute atomic E-state index is 13.6. The molecule has 0 aliphatic heterocycles. The fourth-order valence-corrected chi connectivity index (χ4v) is 2.69. The van der Waals surface area contributed by atoms with Crippen LogP contribution in [-0.2, 0) is 0 Å². The Morgan fingerprint density at radius 3 is 2.73 bits per heavy atom. The van der Waals surface area contributed by atoms with E-state index in [1.165, 1.54) is 12.3 Å². The summed E-state index contributed by atoms with van der Waals surface area (Å²) in [5.74, 6) is -0.472. The summed E-state index contributed by atoms with van der Waals surface area (Å²) in [5.41, 5.74) is 1.43. The van der Waals surface area contributed by atoms with Crippen LogP contribution in [0.4, 0.5) is 15.8 Å². The lowest BCUT2D eigenvalue weighted by molar-refractivity contribution is 0.0937. The Morgan fingerprint density at radius 2 is 1.95 bits per heavy atom. The van der Waals surface area contributed by atoms with Crippen LogP contribution in [-0.4, -0.2) is 16.9 Å². The van der Waals surface area contributed by atoms with E-state index >= 15 is 0 Å². The summed E-state index contributed by atoms with van der Waals surface area (Å²) in [6.07, 6.45) is 7.49. The third-order valence-corrected chi connectivity index (χ3v) is 3.84. The molecule has 2 N–H and O–H groups in total. The molecule has 114 valence electrons. The molecule has 1 saturated carbocycles. The third kappa shape index (κ3) is 3.42. The molecule has 0 spiro atoms. The van der Waals surface area contributed by atoms with Crippen molar-refractivity contribution in [3.63, 3.8) is 0 Å². The first-order chi connectivity index (χ1) is 10.7. The molecule has 0 atom stereocenters. The molecule has 0 unspecified atom stereocenters. The highest BCUT2D eigenvalue weighted by atomic mass is 19.1. The maximum atomic E-state index is 13.6. The molecule has 1 aliphatic carbocycles. The van der Waals surface area contributed by atoms with Gasteiger partial charge in [-0.1, -0.05) is 25.0 Å². The number of pyridine rings is 1.